The van der Waals surface area contributed by atoms with E-state index in [0.717, 1.165) is 38.9 Å². The van der Waals surface area contributed by atoms with Crippen LogP contribution in [0.2, 0.25) is 0 Å². The summed E-state index contributed by atoms with van der Waals surface area (Å²) < 4.78 is 105. The number of aromatic nitrogens is 6. The predicted molar refractivity (Wildman–Crippen MR) is 382 cm³/mol. The fraction of sp³-hybridized carbons (Fsp3) is 0. The number of anilines is 5. The summed E-state index contributed by atoms with van der Waals surface area (Å²) in [6.07, 6.45) is 0. The monoisotopic (exact) mass is 1380 g/mol. The zero-order chi connectivity index (χ0) is 66.2. The molecule has 5 unspecified atom stereocenters. The standard InChI is InChI=1S/C39H27N6O6P3.C33H23N5O4P2/c46-52(34-22-10-4-16-28(34)25-13-1-7-19-31(25)49-52)43-37-40-38(44-53(47)35-23-11-5-17-29(35)26-14-2-8-20-32(26)50-53)42-39(41-37)45-54(48)36-24-12-6-18-30(36)27-15-3-9-21-33(27)51-54;39-43(29-20-10-6-16-25(29)23-14-4-8-18-27(23)41-43)37-32-34-31(22-12-2-1-3-13-22)35-33(36-32)38-44(40)30-21-11-7-17-26(30)24-15-5-9-19-28(24)42-44/h1-24H,(H3,40,41,42,43,44,45,46,47,48);1-21H,(H2,34,35,36,37,38,39,40). The SMILES string of the molecule is O=P1(Nc2nc(NP3(=O)Oc4ccccc4-c4ccccc43)nc(-c3ccccc3)n2)Oc2ccccc2-c2ccccc21.O=P1(Nc2nc(NP3(=O)Oc4ccccc4-c4ccccc43)nc(NP3(=O)Oc4ccccc4-c4ccccc43)n2)Oc2ccccc2-c2ccccc21. The van der Waals surface area contributed by atoms with Gasteiger partial charge in [0.2, 0.25) is 29.7 Å². The van der Waals surface area contributed by atoms with Gasteiger partial charge in [-0.2, -0.15) is 29.9 Å². The minimum atomic E-state index is -3.97. The third-order valence-corrected chi connectivity index (χ3v) is 26.5. The van der Waals surface area contributed by atoms with Crippen molar-refractivity contribution in [1.29, 1.82) is 0 Å². The molecule has 26 heteroatoms. The van der Waals surface area contributed by atoms with Gasteiger partial charge in [-0.3, -0.25) is 25.4 Å². The van der Waals surface area contributed by atoms with Gasteiger partial charge < -0.3 is 22.6 Å². The van der Waals surface area contributed by atoms with Crippen LogP contribution in [-0.2, 0) is 22.8 Å². The van der Waals surface area contributed by atoms with Gasteiger partial charge in [0.25, 0.3) is 0 Å². The van der Waals surface area contributed by atoms with Crippen LogP contribution in [0.4, 0.5) is 29.7 Å². The van der Waals surface area contributed by atoms with Crippen molar-refractivity contribution < 1.29 is 45.4 Å². The molecule has 0 amide bonds. The average Bonchev–Trinajstić information content (AvgIpc) is 0.775. The molecule has 0 radical (unpaired) electrons. The van der Waals surface area contributed by atoms with E-state index < -0.39 is 37.6 Å². The first-order chi connectivity index (χ1) is 47.8. The van der Waals surface area contributed by atoms with Crippen LogP contribution in [0.1, 0.15) is 0 Å². The highest BCUT2D eigenvalue weighted by Gasteiger charge is 2.44. The normalized spacial score (nSPS) is 20.2. The second-order valence-electron chi connectivity index (χ2n) is 22.8. The van der Waals surface area contributed by atoms with Crippen molar-refractivity contribution in [3.63, 3.8) is 0 Å². The first kappa shape index (κ1) is 60.3. The van der Waals surface area contributed by atoms with Gasteiger partial charge in [0.15, 0.2) is 5.82 Å². The van der Waals surface area contributed by atoms with Gasteiger partial charge in [-0.05, 0) is 60.7 Å². The molecule has 5 aliphatic rings. The van der Waals surface area contributed by atoms with Crippen LogP contribution < -0.4 is 74.6 Å². The highest BCUT2D eigenvalue weighted by atomic mass is 31.2. The summed E-state index contributed by atoms with van der Waals surface area (Å²) in [6, 6.07) is 82.3. The molecular formula is C72H50N11O10P5. The molecule has 2 aromatic heterocycles. The van der Waals surface area contributed by atoms with E-state index in [1.807, 2.05) is 176 Å². The number of nitrogens with zero attached hydrogens (tertiary/aromatic N) is 6. The molecule has 11 aromatic carbocycles. The number of nitrogens with one attached hydrogen (secondary N) is 5. The summed E-state index contributed by atoms with van der Waals surface area (Å²) >= 11 is 0. The number of benzene rings is 11. The Kier molecular flexibility index (Phi) is 14.6. The second kappa shape index (κ2) is 23.7. The van der Waals surface area contributed by atoms with Crippen molar-refractivity contribution in [3.8, 4) is 95.8 Å². The van der Waals surface area contributed by atoms with Gasteiger partial charge in [-0.15, -0.1) is 0 Å². The summed E-state index contributed by atoms with van der Waals surface area (Å²) in [5.74, 6) is 1.76. The molecule has 0 saturated heterocycles. The van der Waals surface area contributed by atoms with Gasteiger partial charge in [0, 0.05) is 61.2 Å². The van der Waals surface area contributed by atoms with Crippen molar-refractivity contribution in [2.24, 2.45) is 0 Å². The topological polar surface area (TPSA) is 269 Å². The Hall–Kier alpha value is -11.4. The van der Waals surface area contributed by atoms with Crippen molar-refractivity contribution in [1.82, 2.24) is 29.9 Å². The molecule has 0 spiro atoms. The summed E-state index contributed by atoms with van der Waals surface area (Å²) in [7, 11) is -19.5. The van der Waals surface area contributed by atoms with E-state index >= 15 is 0 Å². The Morgan fingerprint density at radius 1 is 0.204 bits per heavy atom. The zero-order valence-corrected chi connectivity index (χ0v) is 55.5. The minimum Gasteiger partial charge on any atom is -0.425 e. The van der Waals surface area contributed by atoms with Crippen molar-refractivity contribution in [2.75, 3.05) is 25.4 Å². The van der Waals surface area contributed by atoms with Gasteiger partial charge >= 0.3 is 37.6 Å². The van der Waals surface area contributed by atoms with Crippen LogP contribution in [0.5, 0.6) is 28.7 Å². The molecule has 13 aromatic rings. The summed E-state index contributed by atoms with van der Waals surface area (Å²) in [6.45, 7) is 0. The summed E-state index contributed by atoms with van der Waals surface area (Å²) in [5, 5.41) is 17.0. The molecule has 5 aliphatic heterocycles. The summed E-state index contributed by atoms with van der Waals surface area (Å²) in [5.41, 5.74) is 8.41. The van der Waals surface area contributed by atoms with Crippen LogP contribution in [0, 0.1) is 0 Å². The van der Waals surface area contributed by atoms with Gasteiger partial charge in [0.1, 0.15) is 28.7 Å². The number of hydrogen-bond acceptors (Lipinski definition) is 16. The number of hydrogen-bond donors (Lipinski definition) is 5. The molecule has 0 fully saturated rings. The smallest absolute Gasteiger partial charge is 0.374 e. The molecule has 98 heavy (non-hydrogen) atoms. The van der Waals surface area contributed by atoms with E-state index in [1.165, 1.54) is 0 Å². The lowest BCUT2D eigenvalue weighted by atomic mass is 10.0. The second-order valence-corrected chi connectivity index (χ2v) is 32.8. The lowest BCUT2D eigenvalue weighted by Crippen LogP contribution is -2.26. The Labute approximate surface area is 560 Å². The molecule has 5 atom stereocenters. The fourth-order valence-corrected chi connectivity index (χ4v) is 21.7. The lowest BCUT2D eigenvalue weighted by Gasteiger charge is -2.30. The van der Waals surface area contributed by atoms with Crippen molar-refractivity contribution in [3.05, 3.63) is 273 Å². The lowest BCUT2D eigenvalue weighted by molar-refractivity contribution is 0.494. The largest absolute Gasteiger partial charge is 0.425 e. The molecule has 0 bridgehead atoms. The van der Waals surface area contributed by atoms with Gasteiger partial charge in [0.05, 0.1) is 26.5 Å². The van der Waals surface area contributed by atoms with E-state index in [2.05, 4.69) is 55.3 Å². The fourth-order valence-electron chi connectivity index (χ4n) is 12.4. The number of para-hydroxylation sites is 5. The van der Waals surface area contributed by atoms with E-state index in [0.29, 0.717) is 77.5 Å². The molecule has 0 aliphatic carbocycles. The van der Waals surface area contributed by atoms with E-state index in [-0.39, 0.29) is 35.6 Å². The molecule has 0 saturated carbocycles. The Morgan fingerprint density at radius 2 is 0.388 bits per heavy atom. The third-order valence-electron chi connectivity index (χ3n) is 16.7. The molecule has 21 nitrogen and oxygen atoms in total. The predicted octanol–water partition coefficient (Wildman–Crippen LogP) is 16.4. The van der Waals surface area contributed by atoms with E-state index in [1.54, 1.807) is 97.1 Å². The molecule has 18 rings (SSSR count). The quantitative estimate of drug-likeness (QED) is 0.0753. The van der Waals surface area contributed by atoms with Crippen LogP contribution in [-0.4, -0.2) is 29.9 Å². The maximum absolute atomic E-state index is 14.9. The molecule has 7 heterocycles. The minimum absolute atomic E-state index is 0.0174. The average molecular weight is 1380 g/mol. The van der Waals surface area contributed by atoms with Crippen molar-refractivity contribution in [2.45, 2.75) is 0 Å². The maximum atomic E-state index is 14.9. The third kappa shape index (κ3) is 10.7. The van der Waals surface area contributed by atoms with Crippen LogP contribution >= 0.6 is 37.6 Å². The van der Waals surface area contributed by atoms with Crippen LogP contribution in [0.3, 0.4) is 0 Å². The van der Waals surface area contributed by atoms with Gasteiger partial charge in [-0.25, -0.2) is 22.8 Å². The molecule has 5 N–H and O–H groups in total. The van der Waals surface area contributed by atoms with Crippen molar-refractivity contribution >= 4 is 93.9 Å². The number of fused-ring (bicyclic) bond motifs is 15. The Bertz CT molecular complexity index is 5250. The zero-order valence-electron chi connectivity index (χ0n) is 51.0. The highest BCUT2D eigenvalue weighted by molar-refractivity contribution is 7.70. The first-order valence-corrected chi connectivity index (χ1v) is 38.8. The van der Waals surface area contributed by atoms with E-state index in [9.17, 15) is 22.8 Å². The first-order valence-electron chi connectivity index (χ1n) is 30.7. The number of rotatable bonds is 11. The molecule has 478 valence electrons. The summed E-state index contributed by atoms with van der Waals surface area (Å²) in [4.78, 5) is 27.4. The maximum Gasteiger partial charge on any atom is 0.374 e. The van der Waals surface area contributed by atoms with Crippen LogP contribution in [0.25, 0.3) is 67.0 Å². The molecular weight excluding hydrogens is 1330 g/mol. The van der Waals surface area contributed by atoms with Gasteiger partial charge in [-0.1, -0.05) is 212 Å². The Balaban J connectivity index is 0.000000150. The van der Waals surface area contributed by atoms with Crippen LogP contribution in [0.15, 0.2) is 273 Å². The van der Waals surface area contributed by atoms with E-state index in [4.69, 9.17) is 22.6 Å². The highest BCUT2D eigenvalue weighted by Crippen LogP contribution is 2.60. The Morgan fingerprint density at radius 3 is 0.622 bits per heavy atom.